The van der Waals surface area contributed by atoms with Crippen molar-refractivity contribution in [3.8, 4) is 11.1 Å². The number of hydrogen-bond acceptors (Lipinski definition) is 1. The van der Waals surface area contributed by atoms with Gasteiger partial charge in [-0.05, 0) is 34.9 Å². The summed E-state index contributed by atoms with van der Waals surface area (Å²) in [6, 6.07) is 7.99. The summed E-state index contributed by atoms with van der Waals surface area (Å²) in [7, 11) is 0. The Bertz CT molecular complexity index is 617. The molecule has 0 radical (unpaired) electrons. The Balaban J connectivity index is 2.46. The van der Waals surface area contributed by atoms with Gasteiger partial charge in [-0.3, -0.25) is 0 Å². The van der Waals surface area contributed by atoms with Gasteiger partial charge in [0.05, 0.1) is 12.2 Å². The molecular formula is C15H11F5O. The number of aliphatic hydroxyl groups excluding tert-OH is 1. The molecule has 0 aromatic heterocycles. The average Bonchev–Trinajstić information content (AvgIpc) is 2.45. The SMILES string of the molecule is OCc1ccc(-c2ccc(C(F)(F)F)cc2)c(C(F)F)c1. The largest absolute Gasteiger partial charge is 0.416 e. The summed E-state index contributed by atoms with van der Waals surface area (Å²) in [5.41, 5.74) is -0.419. The van der Waals surface area contributed by atoms with E-state index in [9.17, 15) is 22.0 Å². The lowest BCUT2D eigenvalue weighted by Crippen LogP contribution is -2.04. The Kier molecular flexibility index (Phi) is 4.27. The summed E-state index contributed by atoms with van der Waals surface area (Å²) in [5, 5.41) is 8.96. The van der Waals surface area contributed by atoms with Gasteiger partial charge in [0.15, 0.2) is 0 Å². The van der Waals surface area contributed by atoms with Crippen LogP contribution in [-0.2, 0) is 12.8 Å². The second kappa shape index (κ2) is 5.81. The van der Waals surface area contributed by atoms with Crippen LogP contribution in [0.5, 0.6) is 0 Å². The van der Waals surface area contributed by atoms with Gasteiger partial charge < -0.3 is 5.11 Å². The van der Waals surface area contributed by atoms with E-state index in [0.29, 0.717) is 5.56 Å². The predicted octanol–water partition coefficient (Wildman–Crippen LogP) is 4.80. The van der Waals surface area contributed by atoms with Gasteiger partial charge in [-0.25, -0.2) is 8.78 Å². The van der Waals surface area contributed by atoms with Gasteiger partial charge in [0.1, 0.15) is 0 Å². The minimum absolute atomic E-state index is 0.149. The Hall–Kier alpha value is -1.95. The second-order valence-electron chi connectivity index (χ2n) is 4.46. The molecule has 0 saturated heterocycles. The molecule has 0 bridgehead atoms. The first kappa shape index (κ1) is 15.4. The van der Waals surface area contributed by atoms with Crippen molar-refractivity contribution in [3.05, 3.63) is 59.2 Å². The van der Waals surface area contributed by atoms with Crippen molar-refractivity contribution in [3.63, 3.8) is 0 Å². The summed E-state index contributed by atoms with van der Waals surface area (Å²) >= 11 is 0. The van der Waals surface area contributed by atoms with Crippen LogP contribution in [0.2, 0.25) is 0 Å². The maximum atomic E-state index is 13.0. The lowest BCUT2D eigenvalue weighted by molar-refractivity contribution is -0.137. The van der Waals surface area contributed by atoms with Crippen LogP contribution in [0, 0.1) is 0 Å². The first-order valence-electron chi connectivity index (χ1n) is 6.02. The second-order valence-corrected chi connectivity index (χ2v) is 4.46. The Morgan fingerprint density at radius 1 is 0.952 bits per heavy atom. The number of hydrogen-bond donors (Lipinski definition) is 1. The van der Waals surface area contributed by atoms with Crippen LogP contribution in [0.3, 0.4) is 0 Å². The van der Waals surface area contributed by atoms with Gasteiger partial charge in [-0.1, -0.05) is 24.3 Å². The quantitative estimate of drug-likeness (QED) is 0.807. The van der Waals surface area contributed by atoms with E-state index in [0.717, 1.165) is 30.3 Å². The molecule has 1 N–H and O–H groups in total. The normalized spacial score (nSPS) is 12.0. The van der Waals surface area contributed by atoms with E-state index in [1.165, 1.54) is 12.1 Å². The Morgan fingerprint density at radius 2 is 1.57 bits per heavy atom. The molecule has 2 aromatic rings. The van der Waals surface area contributed by atoms with Gasteiger partial charge >= 0.3 is 6.18 Å². The monoisotopic (exact) mass is 302 g/mol. The van der Waals surface area contributed by atoms with Crippen molar-refractivity contribution < 1.29 is 27.1 Å². The van der Waals surface area contributed by atoms with Crippen molar-refractivity contribution in [2.75, 3.05) is 0 Å². The maximum absolute atomic E-state index is 13.0. The highest BCUT2D eigenvalue weighted by molar-refractivity contribution is 5.68. The fraction of sp³-hybridized carbons (Fsp3) is 0.200. The van der Waals surface area contributed by atoms with Gasteiger partial charge in [0.25, 0.3) is 6.43 Å². The highest BCUT2D eigenvalue weighted by Crippen LogP contribution is 2.34. The van der Waals surface area contributed by atoms with Crippen molar-refractivity contribution in [2.45, 2.75) is 19.2 Å². The van der Waals surface area contributed by atoms with Gasteiger partial charge in [0, 0.05) is 5.56 Å². The molecule has 0 aliphatic carbocycles. The van der Waals surface area contributed by atoms with E-state index in [2.05, 4.69) is 0 Å². The third-order valence-corrected chi connectivity index (χ3v) is 3.06. The molecule has 2 rings (SSSR count). The third kappa shape index (κ3) is 3.39. The standard InChI is InChI=1S/C15H11F5O/c16-14(17)13-7-9(8-21)1-6-12(13)10-2-4-11(5-3-10)15(18,19)20/h1-7,14,21H,8H2. The zero-order valence-electron chi connectivity index (χ0n) is 10.7. The molecule has 0 heterocycles. The molecule has 1 nitrogen and oxygen atoms in total. The minimum Gasteiger partial charge on any atom is -0.392 e. The summed E-state index contributed by atoms with van der Waals surface area (Å²) in [4.78, 5) is 0. The Labute approximate surface area is 117 Å². The molecule has 0 aliphatic heterocycles. The van der Waals surface area contributed by atoms with Gasteiger partial charge in [0.2, 0.25) is 0 Å². The molecule has 0 atom stereocenters. The number of alkyl halides is 5. The highest BCUT2D eigenvalue weighted by Gasteiger charge is 2.30. The molecule has 0 spiro atoms. The zero-order valence-corrected chi connectivity index (χ0v) is 10.7. The van der Waals surface area contributed by atoms with Crippen LogP contribution >= 0.6 is 0 Å². The van der Waals surface area contributed by atoms with E-state index in [4.69, 9.17) is 5.11 Å². The average molecular weight is 302 g/mol. The molecule has 21 heavy (non-hydrogen) atoms. The first-order valence-corrected chi connectivity index (χ1v) is 6.02. The van der Waals surface area contributed by atoms with Gasteiger partial charge in [-0.15, -0.1) is 0 Å². The summed E-state index contributed by atoms with van der Waals surface area (Å²) < 4.78 is 63.5. The van der Waals surface area contributed by atoms with Crippen molar-refractivity contribution in [2.24, 2.45) is 0 Å². The predicted molar refractivity (Wildman–Crippen MR) is 67.8 cm³/mol. The fourth-order valence-electron chi connectivity index (χ4n) is 1.99. The molecule has 0 aliphatic rings. The van der Waals surface area contributed by atoms with Crippen LogP contribution in [0.1, 0.15) is 23.1 Å². The third-order valence-electron chi connectivity index (χ3n) is 3.06. The van der Waals surface area contributed by atoms with Crippen LogP contribution in [0.25, 0.3) is 11.1 Å². The van der Waals surface area contributed by atoms with E-state index in [1.54, 1.807) is 0 Å². The number of rotatable bonds is 3. The molecule has 0 unspecified atom stereocenters. The first-order chi connectivity index (χ1) is 9.82. The molecule has 2 aromatic carbocycles. The number of aliphatic hydroxyl groups is 1. The van der Waals surface area contributed by atoms with Gasteiger partial charge in [-0.2, -0.15) is 13.2 Å². The molecule has 112 valence electrons. The van der Waals surface area contributed by atoms with Crippen LogP contribution < -0.4 is 0 Å². The molecular weight excluding hydrogens is 291 g/mol. The summed E-state index contributed by atoms with van der Waals surface area (Å²) in [6.07, 6.45) is -7.25. The maximum Gasteiger partial charge on any atom is 0.416 e. The van der Waals surface area contributed by atoms with E-state index < -0.39 is 18.2 Å². The van der Waals surface area contributed by atoms with Crippen molar-refractivity contribution >= 4 is 0 Å². The van der Waals surface area contributed by atoms with Crippen LogP contribution in [0.4, 0.5) is 22.0 Å². The van der Waals surface area contributed by atoms with Crippen LogP contribution in [-0.4, -0.2) is 5.11 Å². The Morgan fingerprint density at radius 3 is 2.05 bits per heavy atom. The number of halogens is 5. The zero-order chi connectivity index (χ0) is 15.6. The van der Waals surface area contributed by atoms with E-state index in [1.807, 2.05) is 0 Å². The molecule has 0 amide bonds. The fourth-order valence-corrected chi connectivity index (χ4v) is 1.99. The molecule has 0 saturated carbocycles. The van der Waals surface area contributed by atoms with Crippen LogP contribution in [0.15, 0.2) is 42.5 Å². The summed E-state index contributed by atoms with van der Waals surface area (Å²) in [5.74, 6) is 0. The lowest BCUT2D eigenvalue weighted by Gasteiger charge is -2.12. The number of benzene rings is 2. The summed E-state index contributed by atoms with van der Waals surface area (Å²) in [6.45, 7) is -0.382. The highest BCUT2D eigenvalue weighted by atomic mass is 19.4. The molecule has 0 fully saturated rings. The van der Waals surface area contributed by atoms with Crippen molar-refractivity contribution in [1.29, 1.82) is 0 Å². The topological polar surface area (TPSA) is 20.2 Å². The minimum atomic E-state index is -4.47. The van der Waals surface area contributed by atoms with E-state index in [-0.39, 0.29) is 23.3 Å². The smallest absolute Gasteiger partial charge is 0.392 e. The lowest BCUT2D eigenvalue weighted by atomic mass is 9.97. The molecule has 6 heteroatoms. The van der Waals surface area contributed by atoms with Crippen molar-refractivity contribution in [1.82, 2.24) is 0 Å². The van der Waals surface area contributed by atoms with E-state index >= 15 is 0 Å².